The van der Waals surface area contributed by atoms with Crippen LogP contribution in [0.4, 0.5) is 0 Å². The van der Waals surface area contributed by atoms with E-state index in [-0.39, 0.29) is 17.6 Å². The average Bonchev–Trinajstić information content (AvgIpc) is 2.45. The smallest absolute Gasteiger partial charge is 0.254 e. The van der Waals surface area contributed by atoms with Crippen LogP contribution in [0, 0.1) is 0 Å². The predicted octanol–water partition coefficient (Wildman–Crippen LogP) is 1.89. The first kappa shape index (κ1) is 13.9. The summed E-state index contributed by atoms with van der Waals surface area (Å²) < 4.78 is 0. The number of hydrogen-bond donors (Lipinski definition) is 1. The molecule has 19 heavy (non-hydrogen) atoms. The Balaban J connectivity index is 2.13. The highest BCUT2D eigenvalue weighted by Crippen LogP contribution is 2.24. The zero-order valence-electron chi connectivity index (χ0n) is 10.8. The summed E-state index contributed by atoms with van der Waals surface area (Å²) >= 11 is 1.33. The van der Waals surface area contributed by atoms with Crippen LogP contribution in [0.15, 0.2) is 29.2 Å². The molecular weight excluding hydrogens is 260 g/mol. The molecule has 0 saturated carbocycles. The molecular formula is C14H18N2O2S. The van der Waals surface area contributed by atoms with Crippen molar-refractivity contribution in [3.8, 4) is 0 Å². The lowest BCUT2D eigenvalue weighted by atomic mass is 10.1. The fourth-order valence-corrected chi connectivity index (χ4v) is 2.97. The van der Waals surface area contributed by atoms with Crippen LogP contribution >= 0.6 is 11.8 Å². The van der Waals surface area contributed by atoms with E-state index >= 15 is 0 Å². The Morgan fingerprint density at radius 3 is 2.53 bits per heavy atom. The first-order chi connectivity index (χ1) is 9.18. The van der Waals surface area contributed by atoms with Gasteiger partial charge in [0.15, 0.2) is 0 Å². The summed E-state index contributed by atoms with van der Waals surface area (Å²) in [7, 11) is 0. The molecule has 2 rings (SSSR count). The second-order valence-corrected chi connectivity index (χ2v) is 5.62. The van der Waals surface area contributed by atoms with Crippen molar-refractivity contribution in [2.75, 3.05) is 18.8 Å². The summed E-state index contributed by atoms with van der Waals surface area (Å²) in [6.07, 6.45) is 3.34. The number of carbonyl (C=O) groups is 2. The topological polar surface area (TPSA) is 63.4 Å². The van der Waals surface area contributed by atoms with E-state index in [1.165, 1.54) is 18.2 Å². The van der Waals surface area contributed by atoms with Gasteiger partial charge < -0.3 is 10.6 Å². The van der Waals surface area contributed by atoms with Crippen molar-refractivity contribution in [1.29, 1.82) is 0 Å². The molecule has 2 N–H and O–H groups in total. The van der Waals surface area contributed by atoms with Crippen LogP contribution < -0.4 is 5.73 Å². The summed E-state index contributed by atoms with van der Waals surface area (Å²) in [5.74, 6) is -0.109. The Morgan fingerprint density at radius 1 is 1.16 bits per heavy atom. The first-order valence-corrected chi connectivity index (χ1v) is 7.46. The molecule has 2 amide bonds. The van der Waals surface area contributed by atoms with Crippen LogP contribution in [-0.2, 0) is 4.79 Å². The van der Waals surface area contributed by atoms with E-state index in [2.05, 4.69) is 0 Å². The monoisotopic (exact) mass is 278 g/mol. The third-order valence-corrected chi connectivity index (χ3v) is 4.23. The lowest BCUT2D eigenvalue weighted by Gasteiger charge is -2.27. The van der Waals surface area contributed by atoms with Gasteiger partial charge in [-0.05, 0) is 31.4 Å². The van der Waals surface area contributed by atoms with Gasteiger partial charge >= 0.3 is 0 Å². The quantitative estimate of drug-likeness (QED) is 0.855. The van der Waals surface area contributed by atoms with Crippen LogP contribution in [0.5, 0.6) is 0 Å². The number of nitrogens with zero attached hydrogens (tertiary/aromatic N) is 1. The van der Waals surface area contributed by atoms with Gasteiger partial charge in [-0.15, -0.1) is 11.8 Å². The molecule has 0 radical (unpaired) electrons. The molecule has 0 spiro atoms. The Hall–Kier alpha value is -1.49. The molecule has 0 aromatic heterocycles. The molecule has 1 fully saturated rings. The molecule has 0 aliphatic carbocycles. The SMILES string of the molecule is NC(=O)CSc1ccccc1C(=O)N1CCCCC1. The van der Waals surface area contributed by atoms with Crippen LogP contribution in [0.25, 0.3) is 0 Å². The zero-order valence-corrected chi connectivity index (χ0v) is 11.6. The molecule has 1 aliphatic rings. The zero-order chi connectivity index (χ0) is 13.7. The van der Waals surface area contributed by atoms with Crippen LogP contribution in [0.2, 0.25) is 0 Å². The number of hydrogen-bond acceptors (Lipinski definition) is 3. The number of piperidine rings is 1. The van der Waals surface area contributed by atoms with Gasteiger partial charge in [0.2, 0.25) is 5.91 Å². The third-order valence-electron chi connectivity index (χ3n) is 3.13. The number of carbonyl (C=O) groups excluding carboxylic acids is 2. The number of likely N-dealkylation sites (tertiary alicyclic amines) is 1. The maximum absolute atomic E-state index is 12.5. The number of amides is 2. The van der Waals surface area contributed by atoms with E-state index in [4.69, 9.17) is 5.73 Å². The molecule has 1 aromatic carbocycles. The minimum atomic E-state index is -0.370. The number of nitrogens with two attached hydrogens (primary N) is 1. The molecule has 102 valence electrons. The van der Waals surface area contributed by atoms with Crippen molar-refractivity contribution in [3.05, 3.63) is 29.8 Å². The van der Waals surface area contributed by atoms with Gasteiger partial charge in [-0.2, -0.15) is 0 Å². The van der Waals surface area contributed by atoms with Crippen molar-refractivity contribution in [3.63, 3.8) is 0 Å². The molecule has 1 aliphatic heterocycles. The normalized spacial score (nSPS) is 15.3. The fraction of sp³-hybridized carbons (Fsp3) is 0.429. The van der Waals surface area contributed by atoms with Crippen LogP contribution in [-0.4, -0.2) is 35.6 Å². The van der Waals surface area contributed by atoms with Crippen molar-refractivity contribution >= 4 is 23.6 Å². The van der Waals surface area contributed by atoms with Gasteiger partial charge in [-0.1, -0.05) is 12.1 Å². The van der Waals surface area contributed by atoms with Gasteiger partial charge in [0, 0.05) is 18.0 Å². The fourth-order valence-electron chi connectivity index (χ4n) is 2.19. The van der Waals surface area contributed by atoms with E-state index in [1.807, 2.05) is 29.2 Å². The van der Waals surface area contributed by atoms with Crippen molar-refractivity contribution in [2.45, 2.75) is 24.2 Å². The van der Waals surface area contributed by atoms with E-state index in [0.29, 0.717) is 5.56 Å². The summed E-state index contributed by atoms with van der Waals surface area (Å²) in [4.78, 5) is 26.0. The van der Waals surface area contributed by atoms with Crippen molar-refractivity contribution in [2.24, 2.45) is 5.73 Å². The number of benzene rings is 1. The largest absolute Gasteiger partial charge is 0.369 e. The lowest BCUT2D eigenvalue weighted by Crippen LogP contribution is -2.35. The average molecular weight is 278 g/mol. The molecule has 1 heterocycles. The summed E-state index contributed by atoms with van der Waals surface area (Å²) in [6, 6.07) is 7.41. The van der Waals surface area contributed by atoms with Gasteiger partial charge in [0.1, 0.15) is 0 Å². The minimum absolute atomic E-state index is 0.0623. The summed E-state index contributed by atoms with van der Waals surface area (Å²) in [5, 5.41) is 0. The van der Waals surface area contributed by atoms with Gasteiger partial charge in [-0.25, -0.2) is 0 Å². The van der Waals surface area contributed by atoms with Gasteiger partial charge in [0.05, 0.1) is 11.3 Å². The highest BCUT2D eigenvalue weighted by atomic mass is 32.2. The van der Waals surface area contributed by atoms with E-state index < -0.39 is 0 Å². The lowest BCUT2D eigenvalue weighted by molar-refractivity contribution is -0.115. The number of primary amides is 1. The Bertz CT molecular complexity index is 470. The highest BCUT2D eigenvalue weighted by molar-refractivity contribution is 8.00. The van der Waals surface area contributed by atoms with E-state index in [9.17, 15) is 9.59 Å². The van der Waals surface area contributed by atoms with Crippen LogP contribution in [0.1, 0.15) is 29.6 Å². The Labute approximate surface area is 117 Å². The van der Waals surface area contributed by atoms with Gasteiger partial charge in [0.25, 0.3) is 5.91 Å². The molecule has 1 saturated heterocycles. The minimum Gasteiger partial charge on any atom is -0.369 e. The second kappa shape index (κ2) is 6.61. The molecule has 0 atom stereocenters. The molecule has 0 bridgehead atoms. The number of thioether (sulfide) groups is 1. The summed E-state index contributed by atoms with van der Waals surface area (Å²) in [6.45, 7) is 1.65. The van der Waals surface area contributed by atoms with E-state index in [0.717, 1.165) is 30.8 Å². The molecule has 0 unspecified atom stereocenters. The van der Waals surface area contributed by atoms with Gasteiger partial charge in [-0.3, -0.25) is 9.59 Å². The maximum atomic E-state index is 12.5. The third kappa shape index (κ3) is 3.73. The standard InChI is InChI=1S/C14H18N2O2S/c15-13(17)10-19-12-7-3-2-6-11(12)14(18)16-8-4-1-5-9-16/h2-3,6-7H,1,4-5,8-10H2,(H2,15,17). The highest BCUT2D eigenvalue weighted by Gasteiger charge is 2.20. The molecule has 4 nitrogen and oxygen atoms in total. The van der Waals surface area contributed by atoms with Crippen molar-refractivity contribution < 1.29 is 9.59 Å². The molecule has 1 aromatic rings. The number of rotatable bonds is 4. The van der Waals surface area contributed by atoms with E-state index in [1.54, 1.807) is 0 Å². The molecule has 5 heteroatoms. The first-order valence-electron chi connectivity index (χ1n) is 6.48. The summed E-state index contributed by atoms with van der Waals surface area (Å²) in [5.41, 5.74) is 5.83. The Kier molecular flexibility index (Phi) is 4.85. The maximum Gasteiger partial charge on any atom is 0.254 e. The van der Waals surface area contributed by atoms with Crippen LogP contribution in [0.3, 0.4) is 0 Å². The second-order valence-electron chi connectivity index (χ2n) is 4.60. The van der Waals surface area contributed by atoms with Crippen molar-refractivity contribution in [1.82, 2.24) is 4.90 Å². The Morgan fingerprint density at radius 2 is 1.84 bits per heavy atom. The predicted molar refractivity (Wildman–Crippen MR) is 76.1 cm³/mol.